The van der Waals surface area contributed by atoms with Crippen molar-refractivity contribution in [1.82, 2.24) is 29.6 Å². The number of hydrogen-bond acceptors (Lipinski definition) is 6. The van der Waals surface area contributed by atoms with E-state index in [1.807, 2.05) is 54.0 Å². The molecule has 0 aliphatic carbocycles. The Morgan fingerprint density at radius 1 is 1.17 bits per heavy atom. The number of nitrogens with zero attached hydrogens (tertiary/aromatic N) is 6. The molecule has 154 valence electrons. The largest absolute Gasteiger partial charge is 0.337 e. The topological polar surface area (TPSA) is 89.9 Å². The highest BCUT2D eigenvalue weighted by atomic mass is 16.5. The van der Waals surface area contributed by atoms with Gasteiger partial charge in [0.2, 0.25) is 17.6 Å². The number of aryl methyl sites for hydroxylation is 1. The summed E-state index contributed by atoms with van der Waals surface area (Å²) in [6, 6.07) is 13.0. The molecule has 1 atom stereocenters. The first kappa shape index (κ1) is 19.8. The van der Waals surface area contributed by atoms with Gasteiger partial charge >= 0.3 is 0 Å². The van der Waals surface area contributed by atoms with Crippen molar-refractivity contribution in [2.45, 2.75) is 39.3 Å². The van der Waals surface area contributed by atoms with Crippen LogP contribution < -0.4 is 0 Å². The monoisotopic (exact) mass is 404 g/mol. The highest BCUT2D eigenvalue weighted by Crippen LogP contribution is 2.24. The molecule has 30 heavy (non-hydrogen) atoms. The van der Waals surface area contributed by atoms with Crippen molar-refractivity contribution in [2.24, 2.45) is 0 Å². The second-order valence-electron chi connectivity index (χ2n) is 7.23. The first-order valence-electron chi connectivity index (χ1n) is 10.0. The second-order valence-corrected chi connectivity index (χ2v) is 7.23. The van der Waals surface area contributed by atoms with E-state index in [1.165, 1.54) is 0 Å². The molecule has 3 aromatic heterocycles. The third-order valence-corrected chi connectivity index (χ3v) is 5.00. The minimum Gasteiger partial charge on any atom is -0.337 e. The van der Waals surface area contributed by atoms with Gasteiger partial charge in [-0.1, -0.05) is 30.3 Å². The number of pyridine rings is 1. The molecule has 0 N–H and O–H groups in total. The van der Waals surface area contributed by atoms with E-state index in [0.29, 0.717) is 17.4 Å². The normalized spacial score (nSPS) is 12.2. The van der Waals surface area contributed by atoms with Gasteiger partial charge in [-0.15, -0.1) is 0 Å². The van der Waals surface area contributed by atoms with E-state index in [4.69, 9.17) is 9.51 Å². The lowest BCUT2D eigenvalue weighted by molar-refractivity contribution is -0.133. The summed E-state index contributed by atoms with van der Waals surface area (Å²) in [7, 11) is 1.74. The number of carbonyl (C=O) groups is 1. The molecule has 8 nitrogen and oxygen atoms in total. The van der Waals surface area contributed by atoms with Crippen molar-refractivity contribution in [3.8, 4) is 11.5 Å². The molecule has 0 fully saturated rings. The molecule has 0 bridgehead atoms. The van der Waals surface area contributed by atoms with Crippen LogP contribution in [-0.2, 0) is 17.8 Å². The van der Waals surface area contributed by atoms with Gasteiger partial charge in [-0.3, -0.25) is 9.78 Å². The molecule has 3 heterocycles. The van der Waals surface area contributed by atoms with Crippen LogP contribution in [0.3, 0.4) is 0 Å². The zero-order valence-electron chi connectivity index (χ0n) is 17.3. The van der Waals surface area contributed by atoms with Crippen LogP contribution in [0.4, 0.5) is 0 Å². The predicted molar refractivity (Wildman–Crippen MR) is 112 cm³/mol. The van der Waals surface area contributed by atoms with Crippen molar-refractivity contribution in [1.29, 1.82) is 0 Å². The van der Waals surface area contributed by atoms with Crippen molar-refractivity contribution in [3.05, 3.63) is 60.4 Å². The molecule has 0 spiro atoms. The van der Waals surface area contributed by atoms with Crippen LogP contribution in [0.2, 0.25) is 0 Å². The van der Waals surface area contributed by atoms with E-state index in [9.17, 15) is 4.79 Å². The van der Waals surface area contributed by atoms with E-state index in [1.54, 1.807) is 18.1 Å². The molecule has 0 unspecified atom stereocenters. The Hall–Kier alpha value is -3.55. The quantitative estimate of drug-likeness (QED) is 0.467. The molecule has 0 radical (unpaired) electrons. The zero-order chi connectivity index (χ0) is 21.1. The summed E-state index contributed by atoms with van der Waals surface area (Å²) in [5.74, 6) is 1.64. The molecule has 0 aliphatic rings. The lowest BCUT2D eigenvalue weighted by Crippen LogP contribution is -2.33. The van der Waals surface area contributed by atoms with Crippen LogP contribution in [0.25, 0.3) is 22.6 Å². The van der Waals surface area contributed by atoms with Crippen LogP contribution in [0.5, 0.6) is 0 Å². The Morgan fingerprint density at radius 3 is 2.73 bits per heavy atom. The van der Waals surface area contributed by atoms with Crippen LogP contribution in [0, 0.1) is 0 Å². The molecule has 8 heteroatoms. The van der Waals surface area contributed by atoms with Gasteiger partial charge in [-0.05, 0) is 37.6 Å². The highest BCUT2D eigenvalue weighted by molar-refractivity contribution is 5.84. The summed E-state index contributed by atoms with van der Waals surface area (Å²) in [4.78, 5) is 28.1. The number of fused-ring (bicyclic) bond motifs is 1. The fourth-order valence-corrected chi connectivity index (χ4v) is 3.55. The Bertz CT molecular complexity index is 1150. The summed E-state index contributed by atoms with van der Waals surface area (Å²) in [5.41, 5.74) is 2.49. The fraction of sp³-hybridized carbons (Fsp3) is 0.318. The summed E-state index contributed by atoms with van der Waals surface area (Å²) < 4.78 is 7.36. The molecule has 4 rings (SSSR count). The number of rotatable bonds is 7. The predicted octanol–water partition coefficient (Wildman–Crippen LogP) is 3.65. The van der Waals surface area contributed by atoms with Crippen LogP contribution >= 0.6 is 0 Å². The number of benzene rings is 1. The first-order valence-corrected chi connectivity index (χ1v) is 10.0. The SMILES string of the molecule is CCCc1nc2ccccc2n1[C@@H](C)C(=O)N(C)Cc1nc(-c2ccccn2)no1. The molecular formula is C22H24N6O2. The lowest BCUT2D eigenvalue weighted by Gasteiger charge is -2.22. The van der Waals surface area contributed by atoms with E-state index in [0.717, 1.165) is 29.7 Å². The minimum absolute atomic E-state index is 0.0481. The third-order valence-electron chi connectivity index (χ3n) is 5.00. The maximum atomic E-state index is 13.2. The average Bonchev–Trinajstić information content (AvgIpc) is 3.38. The first-order chi connectivity index (χ1) is 14.6. The Labute approximate surface area is 174 Å². The van der Waals surface area contributed by atoms with Crippen molar-refractivity contribution < 1.29 is 9.32 Å². The average molecular weight is 404 g/mol. The van der Waals surface area contributed by atoms with Crippen LogP contribution in [0.1, 0.15) is 38.0 Å². The van der Waals surface area contributed by atoms with Crippen molar-refractivity contribution in [2.75, 3.05) is 7.05 Å². The van der Waals surface area contributed by atoms with Gasteiger partial charge in [0, 0.05) is 19.7 Å². The Morgan fingerprint density at radius 2 is 1.97 bits per heavy atom. The van der Waals surface area contributed by atoms with Gasteiger partial charge in [0.05, 0.1) is 17.6 Å². The van der Waals surface area contributed by atoms with E-state index >= 15 is 0 Å². The maximum Gasteiger partial charge on any atom is 0.246 e. The zero-order valence-corrected chi connectivity index (χ0v) is 17.3. The van der Waals surface area contributed by atoms with Gasteiger partial charge in [-0.2, -0.15) is 4.98 Å². The smallest absolute Gasteiger partial charge is 0.246 e. The minimum atomic E-state index is -0.401. The molecule has 1 aromatic carbocycles. The number of aromatic nitrogens is 5. The number of carbonyl (C=O) groups excluding carboxylic acids is 1. The summed E-state index contributed by atoms with van der Waals surface area (Å²) in [6.45, 7) is 4.23. The molecule has 0 saturated carbocycles. The van der Waals surface area contributed by atoms with E-state index in [-0.39, 0.29) is 12.5 Å². The molecular weight excluding hydrogens is 380 g/mol. The Balaban J connectivity index is 1.54. The summed E-state index contributed by atoms with van der Waals surface area (Å²) >= 11 is 0. The molecule has 1 amide bonds. The van der Waals surface area contributed by atoms with E-state index < -0.39 is 6.04 Å². The third kappa shape index (κ3) is 3.80. The van der Waals surface area contributed by atoms with Crippen molar-refractivity contribution in [3.63, 3.8) is 0 Å². The number of hydrogen-bond donors (Lipinski definition) is 0. The van der Waals surface area contributed by atoms with Gasteiger partial charge in [0.25, 0.3) is 0 Å². The van der Waals surface area contributed by atoms with E-state index in [2.05, 4.69) is 22.0 Å². The van der Waals surface area contributed by atoms with Gasteiger partial charge < -0.3 is 14.0 Å². The number of imidazole rings is 1. The maximum absolute atomic E-state index is 13.2. The van der Waals surface area contributed by atoms with Gasteiger partial charge in [-0.25, -0.2) is 4.98 Å². The lowest BCUT2D eigenvalue weighted by atomic mass is 10.2. The number of likely N-dealkylation sites (N-methyl/N-ethyl adjacent to an activating group) is 1. The van der Waals surface area contributed by atoms with Crippen LogP contribution in [0.15, 0.2) is 53.2 Å². The number of para-hydroxylation sites is 2. The van der Waals surface area contributed by atoms with Gasteiger partial charge in [0.1, 0.15) is 17.6 Å². The second kappa shape index (κ2) is 8.44. The van der Waals surface area contributed by atoms with Crippen molar-refractivity contribution >= 4 is 16.9 Å². The molecule has 4 aromatic rings. The Kier molecular flexibility index (Phi) is 5.56. The van der Waals surface area contributed by atoms with Gasteiger partial charge in [0.15, 0.2) is 0 Å². The highest BCUT2D eigenvalue weighted by Gasteiger charge is 2.25. The summed E-state index contributed by atoms with van der Waals surface area (Å²) in [5, 5.41) is 3.97. The molecule has 0 aliphatic heterocycles. The summed E-state index contributed by atoms with van der Waals surface area (Å²) in [6.07, 6.45) is 3.44. The molecule has 0 saturated heterocycles. The fourth-order valence-electron chi connectivity index (χ4n) is 3.55. The van der Waals surface area contributed by atoms with Crippen LogP contribution in [-0.4, -0.2) is 42.5 Å². The standard InChI is InChI=1S/C22H24N6O2/c1-4-9-19-24-16-10-5-6-12-18(16)28(19)15(2)22(29)27(3)14-20-25-21(26-30-20)17-11-7-8-13-23-17/h5-8,10-13,15H,4,9,14H2,1-3H3/t15-/m0/s1. The number of amides is 1.